The van der Waals surface area contributed by atoms with Crippen LogP contribution in [0.3, 0.4) is 0 Å². The average molecular weight is 624 g/mol. The molecule has 0 saturated heterocycles. The highest BCUT2D eigenvalue weighted by Crippen LogP contribution is 2.64. The molecule has 22 heteroatoms. The van der Waals surface area contributed by atoms with E-state index in [0.717, 1.165) is 6.92 Å². The molecule has 0 spiro atoms. The van der Waals surface area contributed by atoms with Crippen molar-refractivity contribution in [1.29, 1.82) is 0 Å². The Bertz CT molecular complexity index is 834. The Labute approximate surface area is 205 Å². The van der Waals surface area contributed by atoms with Gasteiger partial charge in [-0.25, -0.2) is 4.79 Å². The second kappa shape index (κ2) is 12.2. The van der Waals surface area contributed by atoms with E-state index in [9.17, 15) is 79.4 Å². The molecule has 0 amide bonds. The maximum Gasteiger partial charge on any atom is 0.460 e. The van der Waals surface area contributed by atoms with Crippen LogP contribution in [-0.2, 0) is 9.53 Å². The van der Waals surface area contributed by atoms with E-state index in [0.29, 0.717) is 0 Å². The Morgan fingerprint density at radius 2 is 0.974 bits per heavy atom. The van der Waals surface area contributed by atoms with Gasteiger partial charge in [-0.3, -0.25) is 0 Å². The summed E-state index contributed by atoms with van der Waals surface area (Å²) in [5, 5.41) is 24.0. The quantitative estimate of drug-likeness (QED) is 0.165. The topological polar surface area (TPSA) is 87.0 Å². The van der Waals surface area contributed by atoms with E-state index in [2.05, 4.69) is 11.3 Å². The molecule has 0 saturated carbocycles. The first-order chi connectivity index (χ1) is 16.9. The van der Waals surface area contributed by atoms with E-state index < -0.39 is 78.3 Å². The summed E-state index contributed by atoms with van der Waals surface area (Å²) in [5.74, 6) is -58.4. The molecule has 0 radical (unpaired) electrons. The van der Waals surface area contributed by atoms with Crippen molar-refractivity contribution in [2.45, 2.75) is 67.1 Å². The zero-order chi connectivity index (χ0) is 32.3. The van der Waals surface area contributed by atoms with E-state index in [4.69, 9.17) is 15.3 Å². The van der Waals surface area contributed by atoms with Crippen LogP contribution in [0, 0.1) is 0 Å². The smallest absolute Gasteiger partial charge is 0.460 e. The Morgan fingerprint density at radius 1 is 0.667 bits per heavy atom. The van der Waals surface area contributed by atoms with Crippen LogP contribution in [0.25, 0.3) is 0 Å². The fraction of sp³-hybridized carbons (Fsp3) is 0.824. The monoisotopic (exact) mass is 624 g/mol. The summed E-state index contributed by atoms with van der Waals surface area (Å²) in [6.07, 6.45) is -11.6. The minimum atomic E-state index is -8.67. The molecule has 39 heavy (non-hydrogen) atoms. The number of carbonyl (C=O) groups is 1. The predicted molar refractivity (Wildman–Crippen MR) is 91.3 cm³/mol. The third-order valence-corrected chi connectivity index (χ3v) is 4.21. The van der Waals surface area contributed by atoms with Crippen molar-refractivity contribution >= 4 is 5.97 Å². The maximum absolute atomic E-state index is 13.5. The molecule has 0 aliphatic heterocycles. The summed E-state index contributed by atoms with van der Waals surface area (Å²) in [5.41, 5.74) is -0.589. The highest BCUT2D eigenvalue weighted by atomic mass is 19.4. The van der Waals surface area contributed by atoms with Gasteiger partial charge in [0.25, 0.3) is 0 Å². The van der Waals surface area contributed by atoms with Crippen molar-refractivity contribution in [3.8, 4) is 0 Å². The lowest BCUT2D eigenvalue weighted by molar-refractivity contribution is -0.461. The molecular weight excluding hydrogens is 607 g/mol. The molecule has 0 aromatic carbocycles. The lowest BCUT2D eigenvalue weighted by Crippen LogP contribution is -2.74. The number of ether oxygens (including phenoxy) is 1. The van der Waals surface area contributed by atoms with Gasteiger partial charge in [-0.1, -0.05) is 6.58 Å². The lowest BCUT2D eigenvalue weighted by Gasteiger charge is -2.42. The highest BCUT2D eigenvalue weighted by molar-refractivity contribution is 5.86. The molecular formula is C17H17F17O5. The molecule has 3 N–H and O–H groups in total. The van der Waals surface area contributed by atoms with Gasteiger partial charge >= 0.3 is 53.6 Å². The summed E-state index contributed by atoms with van der Waals surface area (Å²) in [4.78, 5) is 10.9. The van der Waals surface area contributed by atoms with E-state index >= 15 is 0 Å². The van der Waals surface area contributed by atoms with Crippen molar-refractivity contribution in [2.24, 2.45) is 0 Å². The Balaban J connectivity index is 0. The third-order valence-electron chi connectivity index (χ3n) is 4.21. The van der Waals surface area contributed by atoms with E-state index in [1.165, 1.54) is 0 Å². The average Bonchev–Trinajstić information content (AvgIpc) is 2.76. The fourth-order valence-electron chi connectivity index (χ4n) is 1.81. The van der Waals surface area contributed by atoms with Crippen molar-refractivity contribution in [3.63, 3.8) is 0 Å². The third kappa shape index (κ3) is 7.16. The van der Waals surface area contributed by atoms with E-state index in [1.54, 1.807) is 0 Å². The Morgan fingerprint density at radius 3 is 1.23 bits per heavy atom. The first kappa shape index (κ1) is 39.0. The summed E-state index contributed by atoms with van der Waals surface area (Å²) in [7, 11) is 0. The maximum atomic E-state index is 13.5. The highest BCUT2D eigenvalue weighted by Gasteiger charge is 2.95. The Kier molecular flexibility index (Phi) is 12.2. The molecule has 0 fully saturated rings. The van der Waals surface area contributed by atoms with Gasteiger partial charge in [-0.2, -0.15) is 74.6 Å². The summed E-state index contributed by atoms with van der Waals surface area (Å²) in [6, 6.07) is 0. The first-order valence-corrected chi connectivity index (χ1v) is 9.32. The molecule has 0 aromatic heterocycles. The molecule has 234 valence electrons. The van der Waals surface area contributed by atoms with Crippen molar-refractivity contribution in [3.05, 3.63) is 12.2 Å². The minimum Gasteiger partial charge on any atom is -0.462 e. The van der Waals surface area contributed by atoms with E-state index in [-0.39, 0.29) is 13.2 Å². The molecule has 0 heterocycles. The normalized spacial score (nSPS) is 14.6. The molecule has 0 unspecified atom stereocenters. The van der Waals surface area contributed by atoms with Crippen molar-refractivity contribution in [1.82, 2.24) is 0 Å². The van der Waals surface area contributed by atoms with Gasteiger partial charge in [0.1, 0.15) is 6.10 Å². The number of carbonyl (C=O) groups excluding carboxylic acids is 1. The molecule has 0 aliphatic carbocycles. The van der Waals surface area contributed by atoms with Crippen LogP contribution in [0.1, 0.15) is 13.3 Å². The van der Waals surface area contributed by atoms with Gasteiger partial charge in [-0.05, 0) is 6.92 Å². The number of aliphatic hydroxyl groups excluding tert-OH is 3. The number of esters is 1. The second-order valence-electron chi connectivity index (χ2n) is 7.33. The Hall–Kier alpha value is -2.10. The van der Waals surface area contributed by atoms with Crippen LogP contribution >= 0.6 is 0 Å². The van der Waals surface area contributed by atoms with E-state index in [1.807, 2.05) is 0 Å². The van der Waals surface area contributed by atoms with Crippen LogP contribution in [0.5, 0.6) is 0 Å². The standard InChI is InChI=1S/C14H9F17O2.C3H8O3/c1-5(2)6(32)33-4-3-7(15,16)8(17,18)9(19,20)10(21,22)11(23,24)12(25,26)13(27,28)14(29,30)31;4-1-3(6)2-5/h1,3-4H2,2H3;3-6H,1-2H2. The zero-order valence-corrected chi connectivity index (χ0v) is 18.7. The van der Waals surface area contributed by atoms with Crippen molar-refractivity contribution in [2.75, 3.05) is 19.8 Å². The second-order valence-corrected chi connectivity index (χ2v) is 7.33. The molecule has 5 nitrogen and oxygen atoms in total. The molecule has 0 atom stereocenters. The van der Waals surface area contributed by atoms with Crippen LogP contribution in [0.2, 0.25) is 0 Å². The van der Waals surface area contributed by atoms with Gasteiger partial charge < -0.3 is 20.1 Å². The van der Waals surface area contributed by atoms with Crippen molar-refractivity contribution < 1.29 is 99.5 Å². The fourth-order valence-corrected chi connectivity index (χ4v) is 1.81. The first-order valence-electron chi connectivity index (χ1n) is 9.32. The molecule has 0 bridgehead atoms. The summed E-state index contributed by atoms with van der Waals surface area (Å²) >= 11 is 0. The minimum absolute atomic E-state index is 0.365. The van der Waals surface area contributed by atoms with Crippen LogP contribution in [-0.4, -0.2) is 94.8 Å². The number of halogens is 17. The summed E-state index contributed by atoms with van der Waals surface area (Å²) in [6.45, 7) is 0.982. The van der Waals surface area contributed by atoms with Gasteiger partial charge in [0.05, 0.1) is 26.2 Å². The number of alkyl halides is 17. The predicted octanol–water partition coefficient (Wildman–Crippen LogP) is 4.84. The number of hydrogen-bond donors (Lipinski definition) is 3. The summed E-state index contributed by atoms with van der Waals surface area (Å²) < 4.78 is 225. The number of aliphatic hydroxyl groups is 3. The van der Waals surface area contributed by atoms with Crippen LogP contribution < -0.4 is 0 Å². The lowest BCUT2D eigenvalue weighted by atomic mass is 9.88. The largest absolute Gasteiger partial charge is 0.462 e. The molecule has 0 aromatic rings. The number of hydrogen-bond acceptors (Lipinski definition) is 5. The molecule has 0 aliphatic rings. The van der Waals surface area contributed by atoms with Gasteiger partial charge in [0.2, 0.25) is 0 Å². The number of rotatable bonds is 12. The zero-order valence-electron chi connectivity index (χ0n) is 18.7. The van der Waals surface area contributed by atoms with Crippen LogP contribution in [0.4, 0.5) is 74.6 Å². The van der Waals surface area contributed by atoms with Gasteiger partial charge in [-0.15, -0.1) is 0 Å². The van der Waals surface area contributed by atoms with Gasteiger partial charge in [0, 0.05) is 5.57 Å². The SMILES string of the molecule is C=C(C)C(=O)OCCC(F)(F)C(F)(F)C(F)(F)C(F)(F)C(F)(F)C(F)(F)C(F)(F)C(F)(F)F.OCC(O)CO. The van der Waals surface area contributed by atoms with Gasteiger partial charge in [0.15, 0.2) is 0 Å². The van der Waals surface area contributed by atoms with Crippen LogP contribution in [0.15, 0.2) is 12.2 Å². The molecule has 0 rings (SSSR count).